The molecule has 1 heterocycles. The van der Waals surface area contributed by atoms with Gasteiger partial charge in [-0.1, -0.05) is 13.8 Å². The van der Waals surface area contributed by atoms with Crippen molar-refractivity contribution in [1.29, 1.82) is 0 Å². The van der Waals surface area contributed by atoms with Gasteiger partial charge in [0.1, 0.15) is 23.1 Å². The molecule has 0 aliphatic rings. The molecule has 0 spiro atoms. The number of nitrogens with zero attached hydrogens (tertiary/aromatic N) is 2. The van der Waals surface area contributed by atoms with Crippen molar-refractivity contribution < 1.29 is 4.74 Å². The van der Waals surface area contributed by atoms with Crippen LogP contribution in [-0.4, -0.2) is 16.7 Å². The Morgan fingerprint density at radius 2 is 1.89 bits per heavy atom. The number of anilines is 1. The van der Waals surface area contributed by atoms with Gasteiger partial charge in [-0.05, 0) is 30.7 Å². The van der Waals surface area contributed by atoms with Crippen LogP contribution in [0.3, 0.4) is 0 Å². The Morgan fingerprint density at radius 3 is 2.42 bits per heavy atom. The molecule has 1 aromatic carbocycles. The summed E-state index contributed by atoms with van der Waals surface area (Å²) in [5, 5.41) is 0. The van der Waals surface area contributed by atoms with E-state index in [1.807, 2.05) is 24.3 Å². The minimum atomic E-state index is 0.754. The molecule has 0 saturated heterocycles. The Kier molecular flexibility index (Phi) is 4.10. The molecule has 2 aromatic rings. The van der Waals surface area contributed by atoms with E-state index in [4.69, 9.17) is 10.5 Å². The number of nitrogens with two attached hydrogens (primary N) is 1. The average Bonchev–Trinajstić information content (AvgIpc) is 2.76. The second-order valence-corrected chi connectivity index (χ2v) is 4.50. The Bertz CT molecular complexity index is 543. The van der Waals surface area contributed by atoms with Gasteiger partial charge in [0.15, 0.2) is 0 Å². The Hall–Kier alpha value is -1.97. The smallest absolute Gasteiger partial charge is 0.131 e. The zero-order valence-corrected chi connectivity index (χ0v) is 11.8. The summed E-state index contributed by atoms with van der Waals surface area (Å²) in [6.45, 7) is 5.16. The van der Waals surface area contributed by atoms with Crippen molar-refractivity contribution in [2.45, 2.75) is 33.2 Å². The maximum atomic E-state index is 6.24. The molecule has 0 amide bonds. The van der Waals surface area contributed by atoms with Crippen LogP contribution in [0.4, 0.5) is 5.82 Å². The van der Waals surface area contributed by atoms with Gasteiger partial charge in [-0.3, -0.25) is 0 Å². The largest absolute Gasteiger partial charge is 0.497 e. The van der Waals surface area contributed by atoms with Crippen molar-refractivity contribution in [3.05, 3.63) is 30.1 Å². The summed E-state index contributed by atoms with van der Waals surface area (Å²) < 4.78 is 7.28. The second kappa shape index (κ2) is 5.78. The van der Waals surface area contributed by atoms with Crippen LogP contribution in [0.5, 0.6) is 5.75 Å². The number of nitrogen functional groups attached to an aromatic ring is 1. The number of imidazole rings is 1. The molecule has 102 valence electrons. The molecule has 4 heteroatoms. The lowest BCUT2D eigenvalue weighted by Crippen LogP contribution is -2.06. The first-order chi connectivity index (χ1) is 9.21. The predicted octanol–water partition coefficient (Wildman–Crippen LogP) is 3.11. The summed E-state index contributed by atoms with van der Waals surface area (Å²) in [5.41, 5.74) is 8.14. The maximum absolute atomic E-state index is 6.24. The van der Waals surface area contributed by atoms with Crippen LogP contribution in [0.1, 0.15) is 26.1 Å². The lowest BCUT2D eigenvalue weighted by molar-refractivity contribution is 0.415. The van der Waals surface area contributed by atoms with Gasteiger partial charge in [0.25, 0.3) is 0 Å². The Balaban J connectivity index is 2.43. The number of hydrogen-bond donors (Lipinski definition) is 1. The zero-order chi connectivity index (χ0) is 13.8. The normalized spacial score (nSPS) is 10.7. The van der Waals surface area contributed by atoms with E-state index in [1.165, 1.54) is 0 Å². The van der Waals surface area contributed by atoms with Gasteiger partial charge in [0.2, 0.25) is 0 Å². The van der Waals surface area contributed by atoms with Crippen molar-refractivity contribution >= 4 is 5.82 Å². The minimum Gasteiger partial charge on any atom is -0.497 e. The van der Waals surface area contributed by atoms with Gasteiger partial charge in [-0.2, -0.15) is 0 Å². The third-order valence-electron chi connectivity index (χ3n) is 3.21. The van der Waals surface area contributed by atoms with Crippen LogP contribution >= 0.6 is 0 Å². The van der Waals surface area contributed by atoms with Crippen molar-refractivity contribution in [2.24, 2.45) is 0 Å². The molecule has 2 N–H and O–H groups in total. The van der Waals surface area contributed by atoms with Crippen LogP contribution in [0.25, 0.3) is 11.3 Å². The van der Waals surface area contributed by atoms with Crippen molar-refractivity contribution in [1.82, 2.24) is 9.55 Å². The molecule has 0 aliphatic carbocycles. The van der Waals surface area contributed by atoms with E-state index in [2.05, 4.69) is 23.4 Å². The molecule has 0 radical (unpaired) electrons. The van der Waals surface area contributed by atoms with Crippen molar-refractivity contribution in [3.63, 3.8) is 0 Å². The Morgan fingerprint density at radius 1 is 1.21 bits per heavy atom. The maximum Gasteiger partial charge on any atom is 0.131 e. The minimum absolute atomic E-state index is 0.754. The number of hydrogen-bond acceptors (Lipinski definition) is 3. The van der Waals surface area contributed by atoms with E-state index in [9.17, 15) is 0 Å². The molecule has 0 atom stereocenters. The summed E-state index contributed by atoms with van der Waals surface area (Å²) in [5.74, 6) is 2.64. The molecule has 0 aliphatic heterocycles. The van der Waals surface area contributed by atoms with Crippen LogP contribution in [-0.2, 0) is 13.0 Å². The fraction of sp³-hybridized carbons (Fsp3) is 0.400. The molecule has 0 unspecified atom stereocenters. The van der Waals surface area contributed by atoms with Gasteiger partial charge in [0, 0.05) is 18.5 Å². The fourth-order valence-corrected chi connectivity index (χ4v) is 2.22. The third-order valence-corrected chi connectivity index (χ3v) is 3.21. The summed E-state index contributed by atoms with van der Waals surface area (Å²) in [4.78, 5) is 4.67. The molecule has 1 aromatic heterocycles. The van der Waals surface area contributed by atoms with E-state index in [0.717, 1.165) is 48.0 Å². The highest BCUT2D eigenvalue weighted by Crippen LogP contribution is 2.28. The number of rotatable bonds is 5. The average molecular weight is 259 g/mol. The molecular weight excluding hydrogens is 238 g/mol. The van der Waals surface area contributed by atoms with Crippen molar-refractivity contribution in [2.75, 3.05) is 12.8 Å². The van der Waals surface area contributed by atoms with Gasteiger partial charge in [0.05, 0.1) is 7.11 Å². The molecule has 19 heavy (non-hydrogen) atoms. The van der Waals surface area contributed by atoms with Gasteiger partial charge < -0.3 is 15.0 Å². The van der Waals surface area contributed by atoms with Gasteiger partial charge >= 0.3 is 0 Å². The summed E-state index contributed by atoms with van der Waals surface area (Å²) in [6.07, 6.45) is 1.94. The van der Waals surface area contributed by atoms with Gasteiger partial charge in [-0.25, -0.2) is 4.98 Å². The lowest BCUT2D eigenvalue weighted by Gasteiger charge is -2.06. The molecule has 4 nitrogen and oxygen atoms in total. The first-order valence-corrected chi connectivity index (χ1v) is 6.70. The standard InChI is InChI=1S/C15H21N3O/c1-4-10-18-13(5-2)17-14(15(18)16)11-6-8-12(19-3)9-7-11/h6-9H,4-5,10,16H2,1-3H3. The highest BCUT2D eigenvalue weighted by atomic mass is 16.5. The molecule has 0 saturated carbocycles. The van der Waals surface area contributed by atoms with E-state index in [-0.39, 0.29) is 0 Å². The van der Waals surface area contributed by atoms with Crippen LogP contribution in [0.2, 0.25) is 0 Å². The monoisotopic (exact) mass is 259 g/mol. The third kappa shape index (κ3) is 2.57. The van der Waals surface area contributed by atoms with Crippen molar-refractivity contribution in [3.8, 4) is 17.0 Å². The topological polar surface area (TPSA) is 53.1 Å². The van der Waals surface area contributed by atoms with Crippen LogP contribution < -0.4 is 10.5 Å². The predicted molar refractivity (Wildman–Crippen MR) is 78.3 cm³/mol. The van der Waals surface area contributed by atoms with Crippen LogP contribution in [0.15, 0.2) is 24.3 Å². The first kappa shape index (κ1) is 13.5. The molecule has 2 rings (SSSR count). The highest BCUT2D eigenvalue weighted by molar-refractivity contribution is 5.71. The second-order valence-electron chi connectivity index (χ2n) is 4.50. The van der Waals surface area contributed by atoms with Gasteiger partial charge in [-0.15, -0.1) is 0 Å². The lowest BCUT2D eigenvalue weighted by atomic mass is 10.1. The number of aromatic nitrogens is 2. The van der Waals surface area contributed by atoms with Crippen LogP contribution in [0, 0.1) is 0 Å². The summed E-state index contributed by atoms with van der Waals surface area (Å²) in [7, 11) is 1.66. The molecule has 0 fully saturated rings. The highest BCUT2D eigenvalue weighted by Gasteiger charge is 2.14. The number of ether oxygens (including phenoxy) is 1. The number of benzene rings is 1. The quantitative estimate of drug-likeness (QED) is 0.897. The SMILES string of the molecule is CCCn1c(CC)nc(-c2ccc(OC)cc2)c1N. The molecular formula is C15H21N3O. The Labute approximate surface area is 114 Å². The number of methoxy groups -OCH3 is 1. The molecule has 0 bridgehead atoms. The summed E-state index contributed by atoms with van der Waals surface area (Å²) >= 11 is 0. The fourth-order valence-electron chi connectivity index (χ4n) is 2.22. The van der Waals surface area contributed by atoms with E-state index < -0.39 is 0 Å². The summed E-state index contributed by atoms with van der Waals surface area (Å²) in [6, 6.07) is 7.85. The van der Waals surface area contributed by atoms with E-state index in [0.29, 0.717) is 0 Å². The van der Waals surface area contributed by atoms with E-state index >= 15 is 0 Å². The number of aryl methyl sites for hydroxylation is 1. The first-order valence-electron chi connectivity index (χ1n) is 6.70. The zero-order valence-electron chi connectivity index (χ0n) is 11.8. The van der Waals surface area contributed by atoms with E-state index in [1.54, 1.807) is 7.11 Å².